The quantitative estimate of drug-likeness (QED) is 0.871. The number of nitrogens with two attached hydrogens (primary N) is 1. The fourth-order valence-corrected chi connectivity index (χ4v) is 4.41. The molecule has 0 radical (unpaired) electrons. The summed E-state index contributed by atoms with van der Waals surface area (Å²) in [5.41, 5.74) is 8.41. The lowest BCUT2D eigenvalue weighted by atomic mass is 9.69. The van der Waals surface area contributed by atoms with Crippen molar-refractivity contribution in [2.45, 2.75) is 46.5 Å². The van der Waals surface area contributed by atoms with Gasteiger partial charge in [-0.2, -0.15) is 0 Å². The smallest absolute Gasteiger partial charge is 0.261 e. The molecule has 24 heavy (non-hydrogen) atoms. The normalized spacial score (nSPS) is 17.8. The van der Waals surface area contributed by atoms with Crippen molar-refractivity contribution in [2.24, 2.45) is 17.1 Å². The van der Waals surface area contributed by atoms with Crippen LogP contribution in [0.4, 0.5) is 0 Å². The number of aromatic nitrogens is 1. The van der Waals surface area contributed by atoms with Crippen LogP contribution in [-0.2, 0) is 12.8 Å². The fraction of sp³-hybridized carbons (Fsp3) is 0.579. The molecule has 2 heterocycles. The van der Waals surface area contributed by atoms with Gasteiger partial charge in [-0.25, -0.2) is 4.98 Å². The van der Waals surface area contributed by atoms with Gasteiger partial charge in [0.05, 0.1) is 4.88 Å². The van der Waals surface area contributed by atoms with Crippen LogP contribution < -0.4 is 11.1 Å². The van der Waals surface area contributed by atoms with E-state index in [1.807, 2.05) is 6.07 Å². The SMILES string of the molecule is CCC(C)(C)C1CCc2nc3sc(C(=O)NCCN)cc3cc2C1. The van der Waals surface area contributed by atoms with Crippen molar-refractivity contribution in [3.63, 3.8) is 0 Å². The van der Waals surface area contributed by atoms with Crippen LogP contribution in [0.25, 0.3) is 10.2 Å². The Bertz CT molecular complexity index is 750. The van der Waals surface area contributed by atoms with Crippen LogP contribution in [-0.4, -0.2) is 24.0 Å². The Morgan fingerprint density at radius 3 is 2.96 bits per heavy atom. The van der Waals surface area contributed by atoms with E-state index < -0.39 is 0 Å². The molecule has 130 valence electrons. The van der Waals surface area contributed by atoms with Gasteiger partial charge in [0.2, 0.25) is 0 Å². The maximum absolute atomic E-state index is 12.1. The van der Waals surface area contributed by atoms with Crippen LogP contribution in [0.15, 0.2) is 12.1 Å². The monoisotopic (exact) mass is 345 g/mol. The molecule has 2 aromatic rings. The van der Waals surface area contributed by atoms with E-state index in [9.17, 15) is 4.79 Å². The molecular formula is C19H27N3OS. The molecule has 0 aliphatic heterocycles. The van der Waals surface area contributed by atoms with Gasteiger partial charge in [0, 0.05) is 24.2 Å². The van der Waals surface area contributed by atoms with Crippen LogP contribution in [0.1, 0.15) is 54.5 Å². The molecule has 0 saturated carbocycles. The molecule has 1 unspecified atom stereocenters. The number of rotatable bonds is 5. The third-order valence-electron chi connectivity index (χ3n) is 5.54. The minimum Gasteiger partial charge on any atom is -0.350 e. The van der Waals surface area contributed by atoms with Crippen molar-refractivity contribution >= 4 is 27.5 Å². The lowest BCUT2D eigenvalue weighted by molar-refractivity contribution is 0.0959. The maximum Gasteiger partial charge on any atom is 0.261 e. The molecule has 0 bridgehead atoms. The number of nitrogens with one attached hydrogen (secondary N) is 1. The number of thiophene rings is 1. The Balaban J connectivity index is 1.88. The van der Waals surface area contributed by atoms with Crippen LogP contribution in [0.3, 0.4) is 0 Å². The minimum absolute atomic E-state index is 0.0496. The Kier molecular flexibility index (Phi) is 4.92. The molecule has 1 aliphatic carbocycles. The summed E-state index contributed by atoms with van der Waals surface area (Å²) >= 11 is 1.48. The molecular weight excluding hydrogens is 318 g/mol. The maximum atomic E-state index is 12.1. The number of carbonyl (C=O) groups is 1. The number of nitrogens with zero attached hydrogens (tertiary/aromatic N) is 1. The van der Waals surface area contributed by atoms with E-state index in [-0.39, 0.29) is 5.91 Å². The van der Waals surface area contributed by atoms with Gasteiger partial charge in [0.15, 0.2) is 0 Å². The molecule has 0 aromatic carbocycles. The van der Waals surface area contributed by atoms with E-state index >= 15 is 0 Å². The van der Waals surface area contributed by atoms with Gasteiger partial charge in [0.1, 0.15) is 4.83 Å². The molecule has 1 atom stereocenters. The summed E-state index contributed by atoms with van der Waals surface area (Å²) in [6, 6.07) is 4.22. The summed E-state index contributed by atoms with van der Waals surface area (Å²) in [6.45, 7) is 7.99. The van der Waals surface area contributed by atoms with Gasteiger partial charge in [-0.05, 0) is 48.3 Å². The van der Waals surface area contributed by atoms with Crippen LogP contribution in [0.2, 0.25) is 0 Å². The van der Waals surface area contributed by atoms with E-state index in [0.717, 1.165) is 27.9 Å². The largest absolute Gasteiger partial charge is 0.350 e. The van der Waals surface area contributed by atoms with E-state index in [1.165, 1.54) is 35.4 Å². The summed E-state index contributed by atoms with van der Waals surface area (Å²) in [5, 5.41) is 3.92. The predicted molar refractivity (Wildman–Crippen MR) is 101 cm³/mol. The van der Waals surface area contributed by atoms with Crippen molar-refractivity contribution in [3.05, 3.63) is 28.3 Å². The first kappa shape index (κ1) is 17.4. The first-order chi connectivity index (χ1) is 11.4. The van der Waals surface area contributed by atoms with Crippen molar-refractivity contribution in [2.75, 3.05) is 13.1 Å². The zero-order chi connectivity index (χ0) is 17.3. The van der Waals surface area contributed by atoms with Crippen molar-refractivity contribution in [1.29, 1.82) is 0 Å². The highest BCUT2D eigenvalue weighted by Gasteiger charge is 2.31. The third kappa shape index (κ3) is 3.33. The Labute approximate surface area is 147 Å². The number of amides is 1. The Hall–Kier alpha value is -1.46. The van der Waals surface area contributed by atoms with E-state index in [2.05, 4.69) is 32.2 Å². The minimum atomic E-state index is -0.0496. The van der Waals surface area contributed by atoms with Crippen molar-refractivity contribution in [1.82, 2.24) is 10.3 Å². The van der Waals surface area contributed by atoms with Crippen molar-refractivity contribution in [3.8, 4) is 0 Å². The molecule has 1 aliphatic rings. The first-order valence-corrected chi connectivity index (χ1v) is 9.67. The standard InChI is InChI=1S/C19H27N3OS/c1-4-19(2,3)14-5-6-15-12(10-14)9-13-11-16(24-18(13)22-15)17(23)21-8-7-20/h9,11,14H,4-8,10,20H2,1-3H3,(H,21,23). The van der Waals surface area contributed by atoms with E-state index in [4.69, 9.17) is 10.7 Å². The average Bonchev–Trinajstić information content (AvgIpc) is 2.99. The second kappa shape index (κ2) is 6.81. The second-order valence-corrected chi connectivity index (χ2v) is 8.46. The van der Waals surface area contributed by atoms with E-state index in [1.54, 1.807) is 0 Å². The molecule has 3 N–H and O–H groups in total. The van der Waals surface area contributed by atoms with Crippen LogP contribution >= 0.6 is 11.3 Å². The molecule has 1 amide bonds. The summed E-state index contributed by atoms with van der Waals surface area (Å²) in [5.74, 6) is 0.659. The number of carbonyl (C=O) groups excluding carboxylic acids is 1. The molecule has 0 saturated heterocycles. The van der Waals surface area contributed by atoms with Crippen LogP contribution in [0, 0.1) is 11.3 Å². The lowest BCUT2D eigenvalue weighted by Crippen LogP contribution is -2.29. The number of pyridine rings is 1. The third-order valence-corrected chi connectivity index (χ3v) is 6.59. The highest BCUT2D eigenvalue weighted by atomic mass is 32.1. The highest BCUT2D eigenvalue weighted by Crippen LogP contribution is 2.40. The zero-order valence-electron chi connectivity index (χ0n) is 14.8. The molecule has 0 fully saturated rings. The van der Waals surface area contributed by atoms with E-state index in [0.29, 0.717) is 24.4 Å². The number of hydrogen-bond acceptors (Lipinski definition) is 4. The number of hydrogen-bond donors (Lipinski definition) is 2. The Morgan fingerprint density at radius 2 is 2.25 bits per heavy atom. The molecule has 4 nitrogen and oxygen atoms in total. The lowest BCUT2D eigenvalue weighted by Gasteiger charge is -2.36. The summed E-state index contributed by atoms with van der Waals surface area (Å²) in [7, 11) is 0. The topological polar surface area (TPSA) is 68.0 Å². The molecule has 0 spiro atoms. The molecule has 2 aromatic heterocycles. The molecule has 3 rings (SSSR count). The molecule has 5 heteroatoms. The zero-order valence-corrected chi connectivity index (χ0v) is 15.6. The van der Waals surface area contributed by atoms with Gasteiger partial charge in [-0.15, -0.1) is 11.3 Å². The summed E-state index contributed by atoms with van der Waals surface area (Å²) in [4.78, 5) is 18.7. The number of fused-ring (bicyclic) bond motifs is 2. The second-order valence-electron chi connectivity index (χ2n) is 7.43. The van der Waals surface area contributed by atoms with Gasteiger partial charge in [0.25, 0.3) is 5.91 Å². The van der Waals surface area contributed by atoms with Gasteiger partial charge >= 0.3 is 0 Å². The highest BCUT2D eigenvalue weighted by molar-refractivity contribution is 7.20. The van der Waals surface area contributed by atoms with Gasteiger partial charge in [-0.3, -0.25) is 4.79 Å². The van der Waals surface area contributed by atoms with Crippen molar-refractivity contribution < 1.29 is 4.79 Å². The fourth-order valence-electron chi connectivity index (χ4n) is 3.46. The Morgan fingerprint density at radius 1 is 1.46 bits per heavy atom. The average molecular weight is 346 g/mol. The summed E-state index contributed by atoms with van der Waals surface area (Å²) in [6.07, 6.45) is 4.56. The van der Waals surface area contributed by atoms with Crippen LogP contribution in [0.5, 0.6) is 0 Å². The van der Waals surface area contributed by atoms with Gasteiger partial charge < -0.3 is 11.1 Å². The predicted octanol–water partition coefficient (Wildman–Crippen LogP) is 3.53. The van der Waals surface area contributed by atoms with Gasteiger partial charge in [-0.1, -0.05) is 27.2 Å². The number of aryl methyl sites for hydroxylation is 1. The first-order valence-electron chi connectivity index (χ1n) is 8.85. The summed E-state index contributed by atoms with van der Waals surface area (Å²) < 4.78 is 0.